The molecule has 0 aromatic heterocycles. The van der Waals surface area contributed by atoms with Crippen molar-refractivity contribution in [2.45, 2.75) is 135 Å². The Bertz CT molecular complexity index is 401. The second kappa shape index (κ2) is 22.4. The highest BCUT2D eigenvalue weighted by molar-refractivity contribution is 5.81. The first kappa shape index (κ1) is 28.7. The number of hydrogen-bond donors (Lipinski definition) is 1. The van der Waals surface area contributed by atoms with E-state index in [4.69, 9.17) is 4.74 Å². The summed E-state index contributed by atoms with van der Waals surface area (Å²) in [5.41, 5.74) is 0. The normalized spacial score (nSPS) is 11.8. The zero-order valence-corrected chi connectivity index (χ0v) is 20.1. The van der Waals surface area contributed by atoms with Crippen molar-refractivity contribution >= 4 is 12.1 Å². The lowest BCUT2D eigenvalue weighted by molar-refractivity contribution is -0.146. The van der Waals surface area contributed by atoms with Gasteiger partial charge in [-0.1, -0.05) is 117 Å². The molecule has 0 aromatic carbocycles. The maximum Gasteiger partial charge on any atom is 0.407 e. The van der Waals surface area contributed by atoms with Crippen molar-refractivity contribution in [2.24, 2.45) is 0 Å². The van der Waals surface area contributed by atoms with Crippen molar-refractivity contribution in [2.75, 3.05) is 13.7 Å². The predicted octanol–water partition coefficient (Wildman–Crippen LogP) is 7.32. The topological polar surface area (TPSA) is 64.6 Å². The Balaban J connectivity index is 3.67. The number of hydrogen-bond acceptors (Lipinski definition) is 4. The molecule has 1 N–H and O–H groups in total. The van der Waals surface area contributed by atoms with Gasteiger partial charge in [0.1, 0.15) is 6.04 Å². The summed E-state index contributed by atoms with van der Waals surface area (Å²) in [5.74, 6) is -0.337. The molecule has 1 atom stereocenters. The van der Waals surface area contributed by atoms with Crippen molar-refractivity contribution in [3.8, 4) is 0 Å². The van der Waals surface area contributed by atoms with E-state index in [0.29, 0.717) is 13.0 Å². The zero-order valence-electron chi connectivity index (χ0n) is 20.1. The summed E-state index contributed by atoms with van der Waals surface area (Å²) in [6.07, 6.45) is 21.1. The molecule has 0 saturated carbocycles. The van der Waals surface area contributed by atoms with Crippen LogP contribution >= 0.6 is 0 Å². The first-order valence-corrected chi connectivity index (χ1v) is 12.7. The second-order valence-corrected chi connectivity index (χ2v) is 8.45. The summed E-state index contributed by atoms with van der Waals surface area (Å²) in [4.78, 5) is 23.8. The van der Waals surface area contributed by atoms with Crippen LogP contribution in [0.1, 0.15) is 129 Å². The van der Waals surface area contributed by atoms with Gasteiger partial charge in [-0.25, -0.2) is 9.59 Å². The van der Waals surface area contributed by atoms with Crippen LogP contribution in [0, 0.1) is 0 Å². The monoisotopic (exact) mass is 427 g/mol. The molecule has 0 rings (SSSR count). The molecule has 1 unspecified atom stereocenters. The molecule has 0 aromatic rings. The van der Waals surface area contributed by atoms with Crippen LogP contribution in [0.4, 0.5) is 4.79 Å². The van der Waals surface area contributed by atoms with Crippen molar-refractivity contribution in [1.82, 2.24) is 5.32 Å². The maximum absolute atomic E-state index is 12.3. The molecule has 0 spiro atoms. The van der Waals surface area contributed by atoms with E-state index in [1.54, 1.807) is 0 Å². The molecule has 0 radical (unpaired) electrons. The number of carbonyl (C=O) groups is 2. The fourth-order valence-corrected chi connectivity index (χ4v) is 3.62. The van der Waals surface area contributed by atoms with Crippen molar-refractivity contribution in [3.05, 3.63) is 0 Å². The summed E-state index contributed by atoms with van der Waals surface area (Å²) in [6.45, 7) is 4.84. The predicted molar refractivity (Wildman–Crippen MR) is 125 cm³/mol. The Morgan fingerprint density at radius 2 is 1.10 bits per heavy atom. The first-order chi connectivity index (χ1) is 14.7. The van der Waals surface area contributed by atoms with Crippen LogP contribution in [0.5, 0.6) is 0 Å². The summed E-state index contributed by atoms with van der Waals surface area (Å²) in [6, 6.07) is -0.601. The maximum atomic E-state index is 12.3. The number of nitrogens with one attached hydrogen (secondary N) is 1. The van der Waals surface area contributed by atoms with E-state index in [2.05, 4.69) is 23.9 Å². The lowest BCUT2D eigenvalue weighted by Crippen LogP contribution is -2.41. The fraction of sp³-hybridized carbons (Fsp3) is 0.920. The Hall–Kier alpha value is -1.26. The van der Waals surface area contributed by atoms with Gasteiger partial charge in [0.2, 0.25) is 0 Å². The fourth-order valence-electron chi connectivity index (χ4n) is 3.62. The van der Waals surface area contributed by atoms with Crippen molar-refractivity contribution in [3.63, 3.8) is 0 Å². The Morgan fingerprint density at radius 3 is 1.57 bits per heavy atom. The van der Waals surface area contributed by atoms with Gasteiger partial charge in [-0.15, -0.1) is 0 Å². The standard InChI is InChI=1S/C25H49NO4/c1-4-6-8-10-11-12-13-14-15-16-17-18-20-22-30-24(27)23(26-25(28)29-3)21-19-9-7-5-2/h23H,4-22H2,1-3H3,(H,26,28). The van der Waals surface area contributed by atoms with Gasteiger partial charge in [-0.3, -0.25) is 0 Å². The number of methoxy groups -OCH3 is 1. The molecule has 5 nitrogen and oxygen atoms in total. The van der Waals surface area contributed by atoms with Gasteiger partial charge in [-0.2, -0.15) is 0 Å². The molecule has 0 saturated heterocycles. The van der Waals surface area contributed by atoms with Gasteiger partial charge in [-0.05, 0) is 12.8 Å². The first-order valence-electron chi connectivity index (χ1n) is 12.7. The third kappa shape index (κ3) is 18.7. The molecule has 1 amide bonds. The van der Waals surface area contributed by atoms with Crippen LogP contribution in [-0.4, -0.2) is 31.8 Å². The molecule has 0 fully saturated rings. The number of alkyl carbamates (subject to hydrolysis) is 1. The number of ether oxygens (including phenoxy) is 2. The number of rotatable bonds is 21. The number of unbranched alkanes of at least 4 members (excludes halogenated alkanes) is 15. The second-order valence-electron chi connectivity index (χ2n) is 8.45. The van der Waals surface area contributed by atoms with Gasteiger partial charge >= 0.3 is 12.1 Å². The highest BCUT2D eigenvalue weighted by Gasteiger charge is 2.22. The van der Waals surface area contributed by atoms with Crippen LogP contribution < -0.4 is 5.32 Å². The summed E-state index contributed by atoms with van der Waals surface area (Å²) in [7, 11) is 1.31. The summed E-state index contributed by atoms with van der Waals surface area (Å²) >= 11 is 0. The lowest BCUT2D eigenvalue weighted by Gasteiger charge is -2.17. The smallest absolute Gasteiger partial charge is 0.407 e. The van der Waals surface area contributed by atoms with E-state index < -0.39 is 12.1 Å². The molecular formula is C25H49NO4. The molecule has 178 valence electrons. The quantitative estimate of drug-likeness (QED) is 0.154. The van der Waals surface area contributed by atoms with E-state index in [9.17, 15) is 9.59 Å². The van der Waals surface area contributed by atoms with Gasteiger partial charge < -0.3 is 14.8 Å². The van der Waals surface area contributed by atoms with Gasteiger partial charge in [0, 0.05) is 0 Å². The SMILES string of the molecule is CCCCCCCCCCCCCCCOC(=O)C(CCCCCC)NC(=O)OC. The molecular weight excluding hydrogens is 378 g/mol. The largest absolute Gasteiger partial charge is 0.464 e. The molecule has 0 heterocycles. The van der Waals surface area contributed by atoms with Crippen LogP contribution in [0.2, 0.25) is 0 Å². The van der Waals surface area contributed by atoms with Crippen molar-refractivity contribution in [1.29, 1.82) is 0 Å². The third-order valence-corrected chi connectivity index (χ3v) is 5.60. The number of esters is 1. The average molecular weight is 428 g/mol. The number of amides is 1. The van der Waals surface area contributed by atoms with Crippen LogP contribution in [0.25, 0.3) is 0 Å². The van der Waals surface area contributed by atoms with Gasteiger partial charge in [0.05, 0.1) is 13.7 Å². The van der Waals surface area contributed by atoms with Crippen molar-refractivity contribution < 1.29 is 19.1 Å². The van der Waals surface area contributed by atoms with E-state index in [1.165, 1.54) is 77.7 Å². The van der Waals surface area contributed by atoms with E-state index in [-0.39, 0.29) is 5.97 Å². The van der Waals surface area contributed by atoms with E-state index in [0.717, 1.165) is 38.5 Å². The third-order valence-electron chi connectivity index (χ3n) is 5.60. The molecule has 0 aliphatic rings. The average Bonchev–Trinajstić information content (AvgIpc) is 2.75. The lowest BCUT2D eigenvalue weighted by atomic mass is 10.0. The summed E-state index contributed by atoms with van der Waals surface area (Å²) < 4.78 is 10.0. The zero-order chi connectivity index (χ0) is 22.3. The highest BCUT2D eigenvalue weighted by Crippen LogP contribution is 2.13. The highest BCUT2D eigenvalue weighted by atomic mass is 16.5. The van der Waals surface area contributed by atoms with Gasteiger partial charge in [0.25, 0.3) is 0 Å². The minimum atomic E-state index is -0.601. The number of carbonyl (C=O) groups excluding carboxylic acids is 2. The van der Waals surface area contributed by atoms with Crippen LogP contribution in [-0.2, 0) is 14.3 Å². The minimum Gasteiger partial charge on any atom is -0.464 e. The molecule has 0 aliphatic heterocycles. The Kier molecular flexibility index (Phi) is 21.5. The summed E-state index contributed by atoms with van der Waals surface area (Å²) in [5, 5.41) is 2.61. The molecule has 5 heteroatoms. The van der Waals surface area contributed by atoms with E-state index in [1.807, 2.05) is 0 Å². The minimum absolute atomic E-state index is 0.337. The Morgan fingerprint density at radius 1 is 0.667 bits per heavy atom. The van der Waals surface area contributed by atoms with Gasteiger partial charge in [0.15, 0.2) is 0 Å². The molecule has 0 aliphatic carbocycles. The van der Waals surface area contributed by atoms with Crippen LogP contribution in [0.3, 0.4) is 0 Å². The molecule has 0 bridgehead atoms. The van der Waals surface area contributed by atoms with Crippen LogP contribution in [0.15, 0.2) is 0 Å². The molecule has 30 heavy (non-hydrogen) atoms. The van der Waals surface area contributed by atoms with E-state index >= 15 is 0 Å². The Labute approximate surface area is 186 Å².